The lowest BCUT2D eigenvalue weighted by Gasteiger charge is -2.11. The molecule has 1 fully saturated rings. The van der Waals surface area contributed by atoms with Gasteiger partial charge in [-0.05, 0) is 25.0 Å². The molecule has 1 aliphatic heterocycles. The molecule has 2 rings (SSSR count). The van der Waals surface area contributed by atoms with Crippen molar-refractivity contribution in [2.75, 3.05) is 18.9 Å². The zero-order valence-corrected chi connectivity index (χ0v) is 10.1. The van der Waals surface area contributed by atoms with Gasteiger partial charge in [0.05, 0.1) is 22.4 Å². The predicted octanol–water partition coefficient (Wildman–Crippen LogP) is 2.26. The highest BCUT2D eigenvalue weighted by atomic mass is 35.5. The number of carbonyl (C=O) groups is 1. The van der Waals surface area contributed by atoms with Crippen LogP contribution in [0.25, 0.3) is 0 Å². The molecule has 0 aromatic heterocycles. The van der Waals surface area contributed by atoms with Crippen LogP contribution in [0.5, 0.6) is 0 Å². The van der Waals surface area contributed by atoms with E-state index in [0.717, 1.165) is 19.4 Å². The Morgan fingerprint density at radius 3 is 3.12 bits per heavy atom. The third kappa shape index (κ3) is 2.90. The summed E-state index contributed by atoms with van der Waals surface area (Å²) in [5.74, 6) is -0.458. The lowest BCUT2D eigenvalue weighted by Crippen LogP contribution is -2.18. The SMILES string of the molecule is Nc1c(Cl)cccc1C(=O)OCC1CCCO1. The molecule has 1 aliphatic rings. The van der Waals surface area contributed by atoms with Gasteiger partial charge in [-0.3, -0.25) is 0 Å². The number of hydrogen-bond donors (Lipinski definition) is 1. The molecule has 0 radical (unpaired) electrons. The number of esters is 1. The largest absolute Gasteiger partial charge is 0.459 e. The topological polar surface area (TPSA) is 61.6 Å². The van der Waals surface area contributed by atoms with Gasteiger partial charge < -0.3 is 15.2 Å². The normalized spacial score (nSPS) is 19.2. The molecule has 4 nitrogen and oxygen atoms in total. The number of para-hydroxylation sites is 1. The van der Waals surface area contributed by atoms with Crippen LogP contribution in [0.2, 0.25) is 5.02 Å². The fraction of sp³-hybridized carbons (Fsp3) is 0.417. The van der Waals surface area contributed by atoms with Crippen molar-refractivity contribution < 1.29 is 14.3 Å². The van der Waals surface area contributed by atoms with Crippen LogP contribution < -0.4 is 5.73 Å². The van der Waals surface area contributed by atoms with Crippen molar-refractivity contribution in [2.45, 2.75) is 18.9 Å². The maximum atomic E-state index is 11.8. The molecule has 1 heterocycles. The van der Waals surface area contributed by atoms with Gasteiger partial charge in [-0.2, -0.15) is 0 Å². The van der Waals surface area contributed by atoms with Crippen LogP contribution in [0, 0.1) is 0 Å². The fourth-order valence-electron chi connectivity index (χ4n) is 1.74. The smallest absolute Gasteiger partial charge is 0.340 e. The predicted molar refractivity (Wildman–Crippen MR) is 65.1 cm³/mol. The number of halogens is 1. The first-order valence-corrected chi connectivity index (χ1v) is 5.89. The summed E-state index contributed by atoms with van der Waals surface area (Å²) < 4.78 is 10.5. The summed E-state index contributed by atoms with van der Waals surface area (Å²) in [4.78, 5) is 11.8. The van der Waals surface area contributed by atoms with Gasteiger partial charge in [0.15, 0.2) is 0 Å². The summed E-state index contributed by atoms with van der Waals surface area (Å²) in [6, 6.07) is 4.90. The van der Waals surface area contributed by atoms with E-state index in [-0.39, 0.29) is 18.4 Å². The minimum atomic E-state index is -0.458. The van der Waals surface area contributed by atoms with Crippen LogP contribution in [-0.2, 0) is 9.47 Å². The second-order valence-electron chi connectivity index (χ2n) is 3.93. The van der Waals surface area contributed by atoms with E-state index in [9.17, 15) is 4.79 Å². The molecule has 1 aromatic carbocycles. The van der Waals surface area contributed by atoms with Crippen LogP contribution in [0.3, 0.4) is 0 Å². The third-order valence-electron chi connectivity index (χ3n) is 2.70. The van der Waals surface area contributed by atoms with E-state index in [1.807, 2.05) is 0 Å². The maximum Gasteiger partial charge on any atom is 0.340 e. The third-order valence-corrected chi connectivity index (χ3v) is 3.03. The molecule has 5 heteroatoms. The van der Waals surface area contributed by atoms with E-state index < -0.39 is 5.97 Å². The Labute approximate surface area is 105 Å². The highest BCUT2D eigenvalue weighted by molar-refractivity contribution is 6.33. The van der Waals surface area contributed by atoms with Crippen molar-refractivity contribution in [2.24, 2.45) is 0 Å². The average Bonchev–Trinajstić information content (AvgIpc) is 2.82. The van der Waals surface area contributed by atoms with Crippen molar-refractivity contribution >= 4 is 23.3 Å². The van der Waals surface area contributed by atoms with E-state index in [0.29, 0.717) is 10.6 Å². The summed E-state index contributed by atoms with van der Waals surface area (Å²) in [6.07, 6.45) is 1.96. The molecule has 92 valence electrons. The summed E-state index contributed by atoms with van der Waals surface area (Å²) in [5, 5.41) is 0.358. The van der Waals surface area contributed by atoms with Gasteiger partial charge >= 0.3 is 5.97 Å². The Hall–Kier alpha value is -1.26. The number of nitrogens with two attached hydrogens (primary N) is 1. The molecule has 0 aliphatic carbocycles. The monoisotopic (exact) mass is 255 g/mol. The minimum Gasteiger partial charge on any atom is -0.459 e. The van der Waals surface area contributed by atoms with Crippen LogP contribution >= 0.6 is 11.6 Å². The standard InChI is InChI=1S/C12H14ClNO3/c13-10-5-1-4-9(11(10)14)12(15)17-7-8-3-2-6-16-8/h1,4-5,8H,2-3,6-7,14H2. The van der Waals surface area contributed by atoms with Gasteiger partial charge in [0.2, 0.25) is 0 Å². The van der Waals surface area contributed by atoms with Crippen molar-refractivity contribution in [1.29, 1.82) is 0 Å². The van der Waals surface area contributed by atoms with E-state index in [2.05, 4.69) is 0 Å². The van der Waals surface area contributed by atoms with Gasteiger partial charge in [-0.25, -0.2) is 4.79 Å². The van der Waals surface area contributed by atoms with Crippen LogP contribution in [0.15, 0.2) is 18.2 Å². The Kier molecular flexibility index (Phi) is 3.86. The number of nitrogen functional groups attached to an aromatic ring is 1. The number of hydrogen-bond acceptors (Lipinski definition) is 4. The number of carbonyl (C=O) groups excluding carboxylic acids is 1. The van der Waals surface area contributed by atoms with Gasteiger partial charge in [0, 0.05) is 6.61 Å². The summed E-state index contributed by atoms with van der Waals surface area (Å²) in [6.45, 7) is 1.01. The molecule has 1 saturated heterocycles. The highest BCUT2D eigenvalue weighted by Crippen LogP contribution is 2.23. The molecular weight excluding hydrogens is 242 g/mol. The number of anilines is 1. The molecule has 1 aromatic rings. The molecule has 1 atom stereocenters. The second kappa shape index (κ2) is 5.38. The zero-order valence-electron chi connectivity index (χ0n) is 9.32. The van der Waals surface area contributed by atoms with E-state index >= 15 is 0 Å². The van der Waals surface area contributed by atoms with E-state index in [1.165, 1.54) is 0 Å². The number of benzene rings is 1. The van der Waals surface area contributed by atoms with Crippen LogP contribution in [-0.4, -0.2) is 25.3 Å². The molecular formula is C12H14ClNO3. The van der Waals surface area contributed by atoms with Crippen molar-refractivity contribution in [1.82, 2.24) is 0 Å². The molecule has 2 N–H and O–H groups in total. The van der Waals surface area contributed by atoms with Gasteiger partial charge in [0.1, 0.15) is 6.61 Å². The summed E-state index contributed by atoms with van der Waals surface area (Å²) >= 11 is 5.83. The van der Waals surface area contributed by atoms with Gasteiger partial charge in [-0.15, -0.1) is 0 Å². The first-order valence-electron chi connectivity index (χ1n) is 5.51. The van der Waals surface area contributed by atoms with Gasteiger partial charge in [0.25, 0.3) is 0 Å². The first-order chi connectivity index (χ1) is 8.18. The summed E-state index contributed by atoms with van der Waals surface area (Å²) in [7, 11) is 0. The molecule has 1 unspecified atom stereocenters. The van der Waals surface area contributed by atoms with Crippen LogP contribution in [0.4, 0.5) is 5.69 Å². The molecule has 0 amide bonds. The molecule has 0 saturated carbocycles. The quantitative estimate of drug-likeness (QED) is 0.665. The zero-order chi connectivity index (χ0) is 12.3. The maximum absolute atomic E-state index is 11.8. The van der Waals surface area contributed by atoms with Gasteiger partial charge in [-0.1, -0.05) is 17.7 Å². The Bertz CT molecular complexity index is 416. The lowest BCUT2D eigenvalue weighted by molar-refractivity contribution is 0.0162. The number of rotatable bonds is 3. The molecule has 17 heavy (non-hydrogen) atoms. The van der Waals surface area contributed by atoms with Crippen LogP contribution in [0.1, 0.15) is 23.2 Å². The lowest BCUT2D eigenvalue weighted by atomic mass is 10.2. The average molecular weight is 256 g/mol. The summed E-state index contributed by atoms with van der Waals surface area (Å²) in [5.41, 5.74) is 6.26. The number of ether oxygens (including phenoxy) is 2. The highest BCUT2D eigenvalue weighted by Gasteiger charge is 2.19. The Balaban J connectivity index is 1.97. The second-order valence-corrected chi connectivity index (χ2v) is 4.34. The van der Waals surface area contributed by atoms with E-state index in [1.54, 1.807) is 18.2 Å². The molecule has 0 spiro atoms. The Morgan fingerprint density at radius 1 is 1.59 bits per heavy atom. The Morgan fingerprint density at radius 2 is 2.41 bits per heavy atom. The first kappa shape index (κ1) is 12.2. The van der Waals surface area contributed by atoms with Crippen molar-refractivity contribution in [3.63, 3.8) is 0 Å². The van der Waals surface area contributed by atoms with E-state index in [4.69, 9.17) is 26.8 Å². The minimum absolute atomic E-state index is 0.0133. The molecule has 0 bridgehead atoms. The fourth-order valence-corrected chi connectivity index (χ4v) is 1.91. The van der Waals surface area contributed by atoms with Crippen molar-refractivity contribution in [3.05, 3.63) is 28.8 Å². The van der Waals surface area contributed by atoms with Crippen molar-refractivity contribution in [3.8, 4) is 0 Å².